The number of halogens is 1. The zero-order chi connectivity index (χ0) is 24.4. The molecule has 34 heavy (non-hydrogen) atoms. The molecule has 2 aromatic heterocycles. The SMILES string of the molecule is COc1cccc(NC(=O)CSc2nc3c(c(=O)n(C)c(=O)n3C)n2Cc2ccc(F)cc2)c1. The minimum Gasteiger partial charge on any atom is -0.497 e. The van der Waals surface area contributed by atoms with Gasteiger partial charge in [0.2, 0.25) is 5.91 Å². The van der Waals surface area contributed by atoms with Gasteiger partial charge in [-0.3, -0.25) is 18.7 Å². The Morgan fingerprint density at radius 3 is 2.56 bits per heavy atom. The van der Waals surface area contributed by atoms with Crippen LogP contribution < -0.4 is 21.3 Å². The quantitative estimate of drug-likeness (QED) is 0.405. The zero-order valence-corrected chi connectivity index (χ0v) is 19.6. The second-order valence-corrected chi connectivity index (χ2v) is 8.50. The van der Waals surface area contributed by atoms with Crippen LogP contribution in [-0.2, 0) is 25.4 Å². The van der Waals surface area contributed by atoms with Crippen LogP contribution in [0.15, 0.2) is 63.3 Å². The summed E-state index contributed by atoms with van der Waals surface area (Å²) < 4.78 is 22.5. The van der Waals surface area contributed by atoms with E-state index in [9.17, 15) is 18.8 Å². The fraction of sp³-hybridized carbons (Fsp3) is 0.217. The molecule has 2 aromatic carbocycles. The first-order chi connectivity index (χ1) is 16.3. The second-order valence-electron chi connectivity index (χ2n) is 7.55. The van der Waals surface area contributed by atoms with E-state index in [0.717, 1.165) is 21.9 Å². The van der Waals surface area contributed by atoms with Crippen molar-refractivity contribution in [3.63, 3.8) is 0 Å². The average molecular weight is 484 g/mol. The van der Waals surface area contributed by atoms with Crippen molar-refractivity contribution < 1.29 is 13.9 Å². The Morgan fingerprint density at radius 2 is 1.85 bits per heavy atom. The highest BCUT2D eigenvalue weighted by molar-refractivity contribution is 7.99. The molecule has 1 amide bonds. The summed E-state index contributed by atoms with van der Waals surface area (Å²) in [6, 6.07) is 12.9. The number of nitrogens with one attached hydrogen (secondary N) is 1. The van der Waals surface area contributed by atoms with E-state index in [0.29, 0.717) is 16.6 Å². The Balaban J connectivity index is 1.68. The maximum atomic E-state index is 13.4. The Bertz CT molecular complexity index is 1490. The molecule has 0 saturated carbocycles. The predicted molar refractivity (Wildman–Crippen MR) is 128 cm³/mol. The number of carbonyl (C=O) groups is 1. The lowest BCUT2D eigenvalue weighted by Crippen LogP contribution is -2.37. The first-order valence-corrected chi connectivity index (χ1v) is 11.2. The monoisotopic (exact) mass is 483 g/mol. The summed E-state index contributed by atoms with van der Waals surface area (Å²) >= 11 is 1.13. The normalized spacial score (nSPS) is 11.1. The lowest BCUT2D eigenvalue weighted by atomic mass is 10.2. The van der Waals surface area contributed by atoms with Gasteiger partial charge in [-0.05, 0) is 29.8 Å². The number of methoxy groups -OCH3 is 1. The molecule has 4 aromatic rings. The number of imidazole rings is 1. The van der Waals surface area contributed by atoms with Crippen LogP contribution in [0.3, 0.4) is 0 Å². The van der Waals surface area contributed by atoms with E-state index in [1.54, 1.807) is 48.1 Å². The fourth-order valence-electron chi connectivity index (χ4n) is 3.48. The minimum absolute atomic E-state index is 0.0121. The number of rotatable bonds is 7. The van der Waals surface area contributed by atoms with Crippen molar-refractivity contribution in [3.05, 3.63) is 80.7 Å². The van der Waals surface area contributed by atoms with Gasteiger partial charge in [0.25, 0.3) is 5.56 Å². The van der Waals surface area contributed by atoms with Gasteiger partial charge in [0.05, 0.1) is 19.4 Å². The molecule has 0 spiro atoms. The molecule has 9 nitrogen and oxygen atoms in total. The number of aromatic nitrogens is 4. The zero-order valence-electron chi connectivity index (χ0n) is 18.7. The molecule has 0 aliphatic rings. The number of nitrogens with zero attached hydrogens (tertiary/aromatic N) is 4. The first-order valence-electron chi connectivity index (χ1n) is 10.3. The molecule has 2 heterocycles. The standard InChI is InChI=1S/C23H22FN5O4S/c1-27-20-19(21(31)28(2)23(27)32)29(12-14-7-9-15(24)10-8-14)22(26-20)34-13-18(30)25-16-5-4-6-17(11-16)33-3/h4-11H,12-13H2,1-3H3,(H,25,30). The van der Waals surface area contributed by atoms with Crippen molar-refractivity contribution in [2.45, 2.75) is 11.7 Å². The number of fused-ring (bicyclic) bond motifs is 1. The third kappa shape index (κ3) is 4.60. The Morgan fingerprint density at radius 1 is 1.12 bits per heavy atom. The Kier molecular flexibility index (Phi) is 6.55. The molecule has 0 atom stereocenters. The third-order valence-corrected chi connectivity index (χ3v) is 6.23. The molecule has 11 heteroatoms. The summed E-state index contributed by atoms with van der Waals surface area (Å²) in [7, 11) is 4.47. The highest BCUT2D eigenvalue weighted by atomic mass is 32.2. The number of carbonyl (C=O) groups excluding carboxylic acids is 1. The van der Waals surface area contributed by atoms with Gasteiger partial charge < -0.3 is 14.6 Å². The summed E-state index contributed by atoms with van der Waals surface area (Å²) in [6.07, 6.45) is 0. The molecule has 0 fully saturated rings. The molecule has 4 rings (SSSR count). The van der Waals surface area contributed by atoms with Gasteiger partial charge in [-0.1, -0.05) is 30.0 Å². The van der Waals surface area contributed by atoms with E-state index in [4.69, 9.17) is 4.74 Å². The number of ether oxygens (including phenoxy) is 1. The highest BCUT2D eigenvalue weighted by Crippen LogP contribution is 2.24. The lowest BCUT2D eigenvalue weighted by molar-refractivity contribution is -0.113. The van der Waals surface area contributed by atoms with E-state index < -0.39 is 11.2 Å². The van der Waals surface area contributed by atoms with Crippen LogP contribution in [0.1, 0.15) is 5.56 Å². The summed E-state index contributed by atoms with van der Waals surface area (Å²) in [5, 5.41) is 3.18. The van der Waals surface area contributed by atoms with Gasteiger partial charge in [0.1, 0.15) is 11.6 Å². The summed E-state index contributed by atoms with van der Waals surface area (Å²) in [4.78, 5) is 42.4. The smallest absolute Gasteiger partial charge is 0.332 e. The van der Waals surface area contributed by atoms with Crippen molar-refractivity contribution in [1.82, 2.24) is 18.7 Å². The third-order valence-electron chi connectivity index (χ3n) is 5.25. The summed E-state index contributed by atoms with van der Waals surface area (Å²) in [5.41, 5.74) is 0.757. The van der Waals surface area contributed by atoms with Crippen LogP contribution in [0, 0.1) is 5.82 Å². The number of amides is 1. The van der Waals surface area contributed by atoms with Crippen LogP contribution >= 0.6 is 11.8 Å². The van der Waals surface area contributed by atoms with E-state index >= 15 is 0 Å². The molecule has 0 aliphatic carbocycles. The van der Waals surface area contributed by atoms with Crippen LogP contribution in [0.2, 0.25) is 0 Å². The first kappa shape index (κ1) is 23.3. The molecule has 0 bridgehead atoms. The van der Waals surface area contributed by atoms with E-state index in [2.05, 4.69) is 10.3 Å². The summed E-state index contributed by atoms with van der Waals surface area (Å²) in [6.45, 7) is 0.212. The van der Waals surface area contributed by atoms with Crippen LogP contribution in [0.4, 0.5) is 10.1 Å². The van der Waals surface area contributed by atoms with E-state index in [1.165, 1.54) is 30.8 Å². The molecule has 0 radical (unpaired) electrons. The maximum absolute atomic E-state index is 13.4. The van der Waals surface area contributed by atoms with Crippen LogP contribution in [-0.4, -0.2) is 37.5 Å². The molecule has 1 N–H and O–H groups in total. The Labute approximate surface area is 197 Å². The summed E-state index contributed by atoms with van der Waals surface area (Å²) in [5.74, 6) is -0.0248. The maximum Gasteiger partial charge on any atom is 0.332 e. The average Bonchev–Trinajstić information content (AvgIpc) is 3.19. The predicted octanol–water partition coefficient (Wildman–Crippen LogP) is 2.36. The van der Waals surface area contributed by atoms with Gasteiger partial charge in [-0.25, -0.2) is 14.2 Å². The van der Waals surface area contributed by atoms with Crippen molar-refractivity contribution in [2.75, 3.05) is 18.2 Å². The molecule has 0 saturated heterocycles. The fourth-order valence-corrected chi connectivity index (χ4v) is 4.28. The van der Waals surface area contributed by atoms with Crippen molar-refractivity contribution in [2.24, 2.45) is 14.1 Å². The second kappa shape index (κ2) is 9.56. The topological polar surface area (TPSA) is 100 Å². The number of hydrogen-bond acceptors (Lipinski definition) is 6. The van der Waals surface area contributed by atoms with Gasteiger partial charge >= 0.3 is 5.69 Å². The number of benzene rings is 2. The molecule has 0 unspecified atom stereocenters. The van der Waals surface area contributed by atoms with Crippen LogP contribution in [0.25, 0.3) is 11.2 Å². The molecular formula is C23H22FN5O4S. The Hall–Kier alpha value is -3.86. The van der Waals surface area contributed by atoms with E-state index in [-0.39, 0.29) is 35.2 Å². The molecule has 0 aliphatic heterocycles. The molecular weight excluding hydrogens is 461 g/mol. The van der Waals surface area contributed by atoms with Crippen molar-refractivity contribution >= 4 is 34.5 Å². The minimum atomic E-state index is -0.503. The van der Waals surface area contributed by atoms with Gasteiger partial charge in [-0.2, -0.15) is 0 Å². The van der Waals surface area contributed by atoms with Gasteiger partial charge in [-0.15, -0.1) is 0 Å². The van der Waals surface area contributed by atoms with Gasteiger partial charge in [0, 0.05) is 25.8 Å². The van der Waals surface area contributed by atoms with E-state index in [1.807, 2.05) is 0 Å². The number of thioether (sulfide) groups is 1. The van der Waals surface area contributed by atoms with Crippen LogP contribution in [0.5, 0.6) is 5.75 Å². The lowest BCUT2D eigenvalue weighted by Gasteiger charge is -2.10. The largest absolute Gasteiger partial charge is 0.497 e. The number of anilines is 1. The number of hydrogen-bond donors (Lipinski definition) is 1. The highest BCUT2D eigenvalue weighted by Gasteiger charge is 2.20. The van der Waals surface area contributed by atoms with Gasteiger partial charge in [0.15, 0.2) is 16.3 Å². The van der Waals surface area contributed by atoms with Crippen molar-refractivity contribution in [3.8, 4) is 5.75 Å². The van der Waals surface area contributed by atoms with Crippen molar-refractivity contribution in [1.29, 1.82) is 0 Å². The molecule has 176 valence electrons. The number of aryl methyl sites for hydroxylation is 1.